The highest BCUT2D eigenvalue weighted by Crippen LogP contribution is 2.30. The van der Waals surface area contributed by atoms with E-state index >= 15 is 0 Å². The van der Waals surface area contributed by atoms with Gasteiger partial charge in [-0.05, 0) is 43.7 Å². The highest BCUT2D eigenvalue weighted by atomic mass is 16.6. The van der Waals surface area contributed by atoms with Crippen molar-refractivity contribution in [3.05, 3.63) is 69.8 Å². The summed E-state index contributed by atoms with van der Waals surface area (Å²) in [6.45, 7) is 0.684. The number of carbonyl (C=O) groups excluding carboxylic acids is 1. The first-order chi connectivity index (χ1) is 13.1. The fraction of sp³-hybridized carbons (Fsp3) is 0.381. The molecule has 142 valence electrons. The van der Waals surface area contributed by atoms with E-state index in [1.54, 1.807) is 43.5 Å². The highest BCUT2D eigenvalue weighted by molar-refractivity contribution is 6.09. The van der Waals surface area contributed by atoms with E-state index < -0.39 is 4.92 Å². The lowest BCUT2D eigenvalue weighted by Gasteiger charge is -2.27. The van der Waals surface area contributed by atoms with Crippen molar-refractivity contribution in [1.29, 1.82) is 0 Å². The lowest BCUT2D eigenvalue weighted by atomic mass is 9.87. The first kappa shape index (κ1) is 19.0. The molecule has 3 rings (SSSR count). The Morgan fingerprint density at radius 1 is 1.11 bits per heavy atom. The minimum Gasteiger partial charge on any atom is -0.381 e. The molecule has 0 amide bonds. The van der Waals surface area contributed by atoms with Gasteiger partial charge in [-0.15, -0.1) is 0 Å². The van der Waals surface area contributed by atoms with Crippen LogP contribution in [0.2, 0.25) is 0 Å². The topological polar surface area (TPSA) is 81.5 Å². The van der Waals surface area contributed by atoms with Gasteiger partial charge >= 0.3 is 0 Å². The number of carbonyl (C=O) groups is 1. The molecule has 2 aromatic rings. The van der Waals surface area contributed by atoms with Crippen molar-refractivity contribution >= 4 is 17.2 Å². The number of rotatable bonds is 7. The molecule has 0 saturated heterocycles. The van der Waals surface area contributed by atoms with Crippen LogP contribution in [0.3, 0.4) is 0 Å². The maximum atomic E-state index is 12.5. The summed E-state index contributed by atoms with van der Waals surface area (Å²) in [4.78, 5) is 23.6. The molecule has 1 saturated carbocycles. The summed E-state index contributed by atoms with van der Waals surface area (Å²) >= 11 is 0. The number of ketones is 1. The van der Waals surface area contributed by atoms with E-state index in [0.29, 0.717) is 35.4 Å². The van der Waals surface area contributed by atoms with Crippen molar-refractivity contribution in [2.24, 2.45) is 5.92 Å². The Balaban J connectivity index is 1.71. The molecule has 0 radical (unpaired) electrons. The van der Waals surface area contributed by atoms with E-state index in [9.17, 15) is 14.9 Å². The summed E-state index contributed by atoms with van der Waals surface area (Å²) in [6.07, 6.45) is 4.47. The normalized spacial score (nSPS) is 19.4. The molecule has 1 N–H and O–H groups in total. The molecule has 6 heteroatoms. The van der Waals surface area contributed by atoms with E-state index in [2.05, 4.69) is 5.32 Å². The van der Waals surface area contributed by atoms with Crippen molar-refractivity contribution in [2.75, 3.05) is 19.0 Å². The molecule has 27 heavy (non-hydrogen) atoms. The molecule has 0 aliphatic heterocycles. The van der Waals surface area contributed by atoms with E-state index in [1.165, 1.54) is 6.07 Å². The first-order valence-corrected chi connectivity index (χ1v) is 9.23. The first-order valence-electron chi connectivity index (χ1n) is 9.23. The molecule has 1 aliphatic rings. The fourth-order valence-corrected chi connectivity index (χ4v) is 3.56. The van der Waals surface area contributed by atoms with Crippen molar-refractivity contribution in [3.8, 4) is 0 Å². The Kier molecular flexibility index (Phi) is 6.19. The quantitative estimate of drug-likeness (QED) is 0.444. The number of anilines is 1. The molecule has 1 aliphatic carbocycles. The molecule has 2 aromatic carbocycles. The number of hydrogen-bond donors (Lipinski definition) is 1. The summed E-state index contributed by atoms with van der Waals surface area (Å²) in [5.41, 5.74) is 1.22. The smallest absolute Gasteiger partial charge is 0.293 e. The van der Waals surface area contributed by atoms with Crippen LogP contribution >= 0.6 is 0 Å². The Bertz CT molecular complexity index is 799. The van der Waals surface area contributed by atoms with E-state index in [0.717, 1.165) is 25.7 Å². The van der Waals surface area contributed by atoms with Crippen molar-refractivity contribution < 1.29 is 14.5 Å². The summed E-state index contributed by atoms with van der Waals surface area (Å²) in [5.74, 6) is 0.254. The average Bonchev–Trinajstić information content (AvgIpc) is 2.72. The van der Waals surface area contributed by atoms with Crippen LogP contribution in [0.1, 0.15) is 41.6 Å². The maximum absolute atomic E-state index is 12.5. The second kappa shape index (κ2) is 8.77. The average molecular weight is 368 g/mol. The molecule has 1 fully saturated rings. The maximum Gasteiger partial charge on any atom is 0.293 e. The van der Waals surface area contributed by atoms with Gasteiger partial charge in [-0.25, -0.2) is 0 Å². The number of nitrogens with one attached hydrogen (secondary N) is 1. The molecule has 0 heterocycles. The molecule has 0 atom stereocenters. The molecular weight excluding hydrogens is 344 g/mol. The summed E-state index contributed by atoms with van der Waals surface area (Å²) in [5, 5.41) is 14.7. The number of methoxy groups -OCH3 is 1. The van der Waals surface area contributed by atoms with Crippen LogP contribution in [0.5, 0.6) is 0 Å². The number of ether oxygens (including phenoxy) is 1. The lowest BCUT2D eigenvalue weighted by molar-refractivity contribution is -0.384. The van der Waals surface area contributed by atoms with Crippen LogP contribution in [-0.4, -0.2) is 30.5 Å². The monoisotopic (exact) mass is 368 g/mol. The SMILES string of the molecule is COC1CCC(CNc2ccc(C(=O)c3ccccc3)cc2[N+](=O)[O-])CC1. The summed E-state index contributed by atoms with van der Waals surface area (Å²) < 4.78 is 5.38. The Morgan fingerprint density at radius 2 is 1.81 bits per heavy atom. The van der Waals surface area contributed by atoms with Gasteiger partial charge in [0.2, 0.25) is 0 Å². The van der Waals surface area contributed by atoms with Crippen LogP contribution in [0.15, 0.2) is 48.5 Å². The lowest BCUT2D eigenvalue weighted by Crippen LogP contribution is -2.25. The molecular formula is C21H24N2O4. The Hall–Kier alpha value is -2.73. The van der Waals surface area contributed by atoms with Gasteiger partial charge < -0.3 is 10.1 Å². The van der Waals surface area contributed by atoms with Crippen LogP contribution in [0.25, 0.3) is 0 Å². The molecule has 0 unspecified atom stereocenters. The van der Waals surface area contributed by atoms with Crippen LogP contribution in [0.4, 0.5) is 11.4 Å². The molecule has 0 bridgehead atoms. The number of nitro benzene ring substituents is 1. The van der Waals surface area contributed by atoms with Crippen LogP contribution in [0, 0.1) is 16.0 Å². The highest BCUT2D eigenvalue weighted by Gasteiger charge is 2.23. The third-order valence-corrected chi connectivity index (χ3v) is 5.20. The van der Waals surface area contributed by atoms with Crippen LogP contribution < -0.4 is 5.32 Å². The van der Waals surface area contributed by atoms with Crippen molar-refractivity contribution in [2.45, 2.75) is 31.8 Å². The van der Waals surface area contributed by atoms with Gasteiger partial charge in [0.1, 0.15) is 5.69 Å². The number of hydrogen-bond acceptors (Lipinski definition) is 5. The van der Waals surface area contributed by atoms with Gasteiger partial charge in [-0.2, -0.15) is 0 Å². The van der Waals surface area contributed by atoms with Crippen LogP contribution in [-0.2, 0) is 4.74 Å². The van der Waals surface area contributed by atoms with Gasteiger partial charge in [-0.3, -0.25) is 14.9 Å². The summed E-state index contributed by atoms with van der Waals surface area (Å²) in [7, 11) is 1.74. The molecule has 6 nitrogen and oxygen atoms in total. The Morgan fingerprint density at radius 3 is 2.44 bits per heavy atom. The zero-order valence-electron chi connectivity index (χ0n) is 15.4. The standard InChI is InChI=1S/C21H24N2O4/c1-27-18-10-7-15(8-11-18)14-22-19-12-9-17(13-20(19)23(25)26)21(24)16-5-3-2-4-6-16/h2-6,9,12-13,15,18,22H,7-8,10-11,14H2,1H3. The zero-order valence-corrected chi connectivity index (χ0v) is 15.4. The minimum absolute atomic E-state index is 0.0673. The molecule has 0 aromatic heterocycles. The van der Waals surface area contributed by atoms with Crippen molar-refractivity contribution in [3.63, 3.8) is 0 Å². The van der Waals surface area contributed by atoms with E-state index in [1.807, 2.05) is 6.07 Å². The predicted octanol–water partition coefficient (Wildman–Crippen LogP) is 4.44. The summed E-state index contributed by atoms with van der Waals surface area (Å²) in [6, 6.07) is 13.4. The third kappa shape index (κ3) is 4.71. The largest absolute Gasteiger partial charge is 0.381 e. The van der Waals surface area contributed by atoms with E-state index in [-0.39, 0.29) is 11.5 Å². The zero-order chi connectivity index (χ0) is 19.2. The fourth-order valence-electron chi connectivity index (χ4n) is 3.56. The number of nitrogens with zero attached hydrogens (tertiary/aromatic N) is 1. The van der Waals surface area contributed by atoms with Gasteiger partial charge in [0.05, 0.1) is 11.0 Å². The van der Waals surface area contributed by atoms with Gasteiger partial charge in [-0.1, -0.05) is 30.3 Å². The van der Waals surface area contributed by atoms with Gasteiger partial charge in [0, 0.05) is 30.8 Å². The van der Waals surface area contributed by atoms with E-state index in [4.69, 9.17) is 4.74 Å². The third-order valence-electron chi connectivity index (χ3n) is 5.20. The number of nitro groups is 1. The number of benzene rings is 2. The van der Waals surface area contributed by atoms with Gasteiger partial charge in [0.25, 0.3) is 5.69 Å². The minimum atomic E-state index is -0.439. The van der Waals surface area contributed by atoms with Gasteiger partial charge in [0.15, 0.2) is 5.78 Å². The second-order valence-electron chi connectivity index (χ2n) is 6.94. The Labute approximate surface area is 158 Å². The van der Waals surface area contributed by atoms with Crippen molar-refractivity contribution in [1.82, 2.24) is 0 Å². The predicted molar refractivity (Wildman–Crippen MR) is 104 cm³/mol. The molecule has 0 spiro atoms. The second-order valence-corrected chi connectivity index (χ2v) is 6.94.